The summed E-state index contributed by atoms with van der Waals surface area (Å²) in [6.45, 7) is -0.331. The van der Waals surface area contributed by atoms with Gasteiger partial charge in [0.1, 0.15) is 28.8 Å². The molecule has 4 aromatic rings. The minimum Gasteiger partial charge on any atom is -0.497 e. The maximum atomic E-state index is 13.0. The molecular formula is C27H23N3O5S. The van der Waals surface area contributed by atoms with E-state index in [2.05, 4.69) is 5.32 Å². The quantitative estimate of drug-likeness (QED) is 0.389. The first-order chi connectivity index (χ1) is 17.6. The number of benzene rings is 3. The van der Waals surface area contributed by atoms with Crippen LogP contribution in [0.1, 0.15) is 0 Å². The van der Waals surface area contributed by atoms with Crippen LogP contribution in [0.5, 0.6) is 17.2 Å². The highest BCUT2D eigenvalue weighted by molar-refractivity contribution is 7.13. The van der Waals surface area contributed by atoms with Crippen molar-refractivity contribution in [3.05, 3.63) is 72.1 Å². The number of carbonyl (C=O) groups excluding carboxylic acids is 2. The molecule has 1 aliphatic heterocycles. The zero-order valence-corrected chi connectivity index (χ0v) is 20.5. The van der Waals surface area contributed by atoms with Gasteiger partial charge in [0.05, 0.1) is 31.3 Å². The molecule has 0 radical (unpaired) electrons. The molecule has 1 aromatic heterocycles. The molecule has 2 amide bonds. The Kier molecular flexibility index (Phi) is 6.55. The Hall–Kier alpha value is -4.37. The predicted octanol–water partition coefficient (Wildman–Crippen LogP) is 4.86. The Morgan fingerprint density at radius 3 is 2.67 bits per heavy atom. The van der Waals surface area contributed by atoms with Crippen LogP contribution in [0.4, 0.5) is 11.4 Å². The first-order valence-electron chi connectivity index (χ1n) is 11.2. The van der Waals surface area contributed by atoms with Crippen molar-refractivity contribution in [1.29, 1.82) is 0 Å². The SMILES string of the molecule is COc1ccc(OC)c(NC(=O)CN2C(=O)COc3ccc(-c4csc(-c5ccccc5)n4)cc32)c1. The number of methoxy groups -OCH3 is 2. The van der Waals surface area contributed by atoms with E-state index in [1.807, 2.05) is 47.8 Å². The highest BCUT2D eigenvalue weighted by Gasteiger charge is 2.28. The normalized spacial score (nSPS) is 12.5. The number of anilines is 2. The summed E-state index contributed by atoms with van der Waals surface area (Å²) in [5.74, 6) is 0.895. The van der Waals surface area contributed by atoms with E-state index in [0.717, 1.165) is 21.8 Å². The summed E-state index contributed by atoms with van der Waals surface area (Å²) in [6.07, 6.45) is 0. The summed E-state index contributed by atoms with van der Waals surface area (Å²) >= 11 is 1.55. The Morgan fingerprint density at radius 1 is 1.06 bits per heavy atom. The second-order valence-electron chi connectivity index (χ2n) is 7.97. The van der Waals surface area contributed by atoms with Gasteiger partial charge >= 0.3 is 0 Å². The van der Waals surface area contributed by atoms with E-state index in [4.69, 9.17) is 19.2 Å². The summed E-state index contributed by atoms with van der Waals surface area (Å²) in [6, 6.07) is 20.6. The topological polar surface area (TPSA) is 90.0 Å². The number of rotatable bonds is 7. The average molecular weight is 502 g/mol. The third-order valence-corrected chi connectivity index (χ3v) is 6.60. The van der Waals surface area contributed by atoms with E-state index >= 15 is 0 Å². The Morgan fingerprint density at radius 2 is 1.89 bits per heavy atom. The van der Waals surface area contributed by atoms with E-state index in [1.54, 1.807) is 42.7 Å². The minimum absolute atomic E-state index is 0.142. The highest BCUT2D eigenvalue weighted by Crippen LogP contribution is 2.37. The standard InChI is InChI=1S/C27H23N3O5S/c1-33-19-9-11-23(34-2)20(13-19)28-25(31)14-30-22-12-18(8-10-24(22)35-15-26(30)32)21-16-36-27(29-21)17-6-4-3-5-7-17/h3-13,16H,14-15H2,1-2H3,(H,28,31). The smallest absolute Gasteiger partial charge is 0.265 e. The first-order valence-corrected chi connectivity index (χ1v) is 12.0. The molecular weight excluding hydrogens is 478 g/mol. The van der Waals surface area contributed by atoms with E-state index in [-0.39, 0.29) is 25.0 Å². The Labute approximate surface area is 212 Å². The van der Waals surface area contributed by atoms with Crippen molar-refractivity contribution in [2.24, 2.45) is 0 Å². The second-order valence-corrected chi connectivity index (χ2v) is 8.83. The van der Waals surface area contributed by atoms with Crippen LogP contribution >= 0.6 is 11.3 Å². The Balaban J connectivity index is 1.40. The number of nitrogens with one attached hydrogen (secondary N) is 1. The monoisotopic (exact) mass is 501 g/mol. The molecule has 0 fully saturated rings. The molecule has 0 saturated heterocycles. The molecule has 0 unspecified atom stereocenters. The molecule has 0 bridgehead atoms. The maximum Gasteiger partial charge on any atom is 0.265 e. The molecule has 9 heteroatoms. The molecule has 182 valence electrons. The number of amides is 2. The second kappa shape index (κ2) is 10.1. The van der Waals surface area contributed by atoms with Gasteiger partial charge in [-0.1, -0.05) is 30.3 Å². The van der Waals surface area contributed by atoms with Crippen LogP contribution in [0.2, 0.25) is 0 Å². The van der Waals surface area contributed by atoms with Gasteiger partial charge in [-0.15, -0.1) is 11.3 Å². The van der Waals surface area contributed by atoms with E-state index in [0.29, 0.717) is 28.6 Å². The summed E-state index contributed by atoms with van der Waals surface area (Å²) in [5, 5.41) is 5.69. The van der Waals surface area contributed by atoms with Crippen molar-refractivity contribution in [3.63, 3.8) is 0 Å². The lowest BCUT2D eigenvalue weighted by molar-refractivity contribution is -0.123. The predicted molar refractivity (Wildman–Crippen MR) is 139 cm³/mol. The van der Waals surface area contributed by atoms with Gasteiger partial charge in [0, 0.05) is 22.6 Å². The van der Waals surface area contributed by atoms with Crippen molar-refractivity contribution < 1.29 is 23.8 Å². The first kappa shape index (κ1) is 23.4. The van der Waals surface area contributed by atoms with Crippen LogP contribution in [0.25, 0.3) is 21.8 Å². The van der Waals surface area contributed by atoms with E-state index < -0.39 is 0 Å². The summed E-state index contributed by atoms with van der Waals surface area (Å²) in [4.78, 5) is 31.9. The third kappa shape index (κ3) is 4.73. The molecule has 5 rings (SSSR count). The number of carbonyl (C=O) groups is 2. The fourth-order valence-electron chi connectivity index (χ4n) is 3.90. The molecule has 1 N–H and O–H groups in total. The number of hydrogen-bond donors (Lipinski definition) is 1. The van der Waals surface area contributed by atoms with Crippen molar-refractivity contribution >= 4 is 34.5 Å². The van der Waals surface area contributed by atoms with Gasteiger partial charge in [-0.3, -0.25) is 14.5 Å². The molecule has 3 aromatic carbocycles. The molecule has 0 saturated carbocycles. The number of fused-ring (bicyclic) bond motifs is 1. The van der Waals surface area contributed by atoms with Gasteiger partial charge in [0.15, 0.2) is 6.61 Å². The molecule has 0 atom stereocenters. The molecule has 2 heterocycles. The van der Waals surface area contributed by atoms with Gasteiger partial charge in [0.25, 0.3) is 5.91 Å². The van der Waals surface area contributed by atoms with Crippen molar-refractivity contribution in [1.82, 2.24) is 4.98 Å². The molecule has 36 heavy (non-hydrogen) atoms. The Bertz CT molecular complexity index is 1420. The van der Waals surface area contributed by atoms with Gasteiger partial charge in [-0.25, -0.2) is 4.98 Å². The van der Waals surface area contributed by atoms with Crippen LogP contribution in [-0.4, -0.2) is 44.2 Å². The summed E-state index contributed by atoms with van der Waals surface area (Å²) in [5.41, 5.74) is 3.62. The zero-order chi connectivity index (χ0) is 25.1. The lowest BCUT2D eigenvalue weighted by atomic mass is 10.1. The van der Waals surface area contributed by atoms with Crippen molar-refractivity contribution in [3.8, 4) is 39.1 Å². The lowest BCUT2D eigenvalue weighted by Crippen LogP contribution is -2.43. The van der Waals surface area contributed by atoms with E-state index in [9.17, 15) is 9.59 Å². The van der Waals surface area contributed by atoms with Gasteiger partial charge in [0.2, 0.25) is 5.91 Å². The van der Waals surface area contributed by atoms with Crippen LogP contribution in [0.3, 0.4) is 0 Å². The number of nitrogens with zero attached hydrogens (tertiary/aromatic N) is 2. The van der Waals surface area contributed by atoms with Gasteiger partial charge < -0.3 is 19.5 Å². The van der Waals surface area contributed by atoms with Crippen molar-refractivity contribution in [2.45, 2.75) is 0 Å². The highest BCUT2D eigenvalue weighted by atomic mass is 32.1. The summed E-state index contributed by atoms with van der Waals surface area (Å²) in [7, 11) is 3.06. The molecule has 8 nitrogen and oxygen atoms in total. The molecule has 0 aliphatic carbocycles. The number of ether oxygens (including phenoxy) is 3. The number of thiazole rings is 1. The maximum absolute atomic E-state index is 13.0. The minimum atomic E-state index is -0.381. The largest absolute Gasteiger partial charge is 0.497 e. The van der Waals surface area contributed by atoms with Crippen LogP contribution < -0.4 is 24.4 Å². The number of hydrogen-bond acceptors (Lipinski definition) is 7. The summed E-state index contributed by atoms with van der Waals surface area (Å²) < 4.78 is 16.2. The number of aromatic nitrogens is 1. The van der Waals surface area contributed by atoms with Gasteiger partial charge in [-0.05, 0) is 30.3 Å². The lowest BCUT2D eigenvalue weighted by Gasteiger charge is -2.29. The molecule has 0 spiro atoms. The fourth-order valence-corrected chi connectivity index (χ4v) is 4.73. The average Bonchev–Trinajstić information content (AvgIpc) is 3.41. The van der Waals surface area contributed by atoms with Crippen LogP contribution in [0.15, 0.2) is 72.1 Å². The fraction of sp³-hybridized carbons (Fsp3) is 0.148. The van der Waals surface area contributed by atoms with Crippen LogP contribution in [-0.2, 0) is 9.59 Å². The van der Waals surface area contributed by atoms with Crippen molar-refractivity contribution in [2.75, 3.05) is 37.6 Å². The van der Waals surface area contributed by atoms with E-state index in [1.165, 1.54) is 12.0 Å². The molecule has 1 aliphatic rings. The van der Waals surface area contributed by atoms with Gasteiger partial charge in [-0.2, -0.15) is 0 Å². The zero-order valence-electron chi connectivity index (χ0n) is 19.7. The van der Waals surface area contributed by atoms with Crippen LogP contribution in [0, 0.1) is 0 Å². The third-order valence-electron chi connectivity index (χ3n) is 5.71.